The highest BCUT2D eigenvalue weighted by Gasteiger charge is 2.13. The molecular weight excluding hydrogens is 425 g/mol. The summed E-state index contributed by atoms with van der Waals surface area (Å²) in [5.74, 6) is 0.709. The molecule has 2 aromatic carbocycles. The maximum absolute atomic E-state index is 12.5. The minimum absolute atomic E-state index is 0.0176. The Morgan fingerprint density at radius 2 is 1.90 bits per heavy atom. The maximum Gasteiger partial charge on any atom is 0.251 e. The molecule has 1 aliphatic rings. The van der Waals surface area contributed by atoms with Gasteiger partial charge in [-0.2, -0.15) is 0 Å². The number of hydrogen-bond donors (Lipinski definition) is 1. The number of nitrogens with zero attached hydrogens (tertiary/aromatic N) is 2. The van der Waals surface area contributed by atoms with E-state index in [-0.39, 0.29) is 5.91 Å². The second-order valence-electron chi connectivity index (χ2n) is 7.32. The van der Waals surface area contributed by atoms with E-state index in [0.29, 0.717) is 22.2 Å². The van der Waals surface area contributed by atoms with Gasteiger partial charge >= 0.3 is 0 Å². The molecule has 1 aliphatic heterocycles. The van der Waals surface area contributed by atoms with Gasteiger partial charge < -0.3 is 15.1 Å². The highest BCUT2D eigenvalue weighted by molar-refractivity contribution is 7.98. The Hall–Kier alpha value is -1.24. The molecule has 0 saturated carbocycles. The first kappa shape index (κ1) is 22.4. The van der Waals surface area contributed by atoms with Gasteiger partial charge in [0.05, 0.1) is 5.02 Å². The van der Waals surface area contributed by atoms with Gasteiger partial charge in [0.1, 0.15) is 0 Å². The van der Waals surface area contributed by atoms with Crippen LogP contribution in [0.1, 0.15) is 22.3 Å². The number of carbonyl (C=O) groups is 1. The van der Waals surface area contributed by atoms with Crippen molar-refractivity contribution in [3.8, 4) is 0 Å². The first-order valence-corrected chi connectivity index (χ1v) is 11.6. The second-order valence-corrected chi connectivity index (χ2v) is 9.18. The van der Waals surface area contributed by atoms with E-state index in [1.807, 2.05) is 30.3 Å². The average Bonchev–Trinajstić information content (AvgIpc) is 2.73. The van der Waals surface area contributed by atoms with Crippen molar-refractivity contribution in [3.63, 3.8) is 0 Å². The minimum atomic E-state index is -0.0176. The van der Waals surface area contributed by atoms with Gasteiger partial charge in [-0.15, -0.1) is 11.8 Å². The van der Waals surface area contributed by atoms with Crippen molar-refractivity contribution in [2.24, 2.45) is 0 Å². The Balaban J connectivity index is 1.44. The summed E-state index contributed by atoms with van der Waals surface area (Å²) in [5, 5.41) is 4.40. The summed E-state index contributed by atoms with van der Waals surface area (Å²) in [7, 11) is 2.16. The quantitative estimate of drug-likeness (QED) is 0.467. The number of hydrogen-bond acceptors (Lipinski definition) is 4. The van der Waals surface area contributed by atoms with E-state index in [2.05, 4.69) is 22.2 Å². The van der Waals surface area contributed by atoms with E-state index in [1.54, 1.807) is 23.9 Å². The molecule has 2 aromatic rings. The van der Waals surface area contributed by atoms with Gasteiger partial charge in [0.25, 0.3) is 5.91 Å². The Bertz CT molecular complexity index is 825. The van der Waals surface area contributed by atoms with E-state index in [1.165, 1.54) is 0 Å². The first-order chi connectivity index (χ1) is 14.0. The lowest BCUT2D eigenvalue weighted by molar-refractivity contribution is 0.0949. The molecule has 0 radical (unpaired) electrons. The molecule has 0 atom stereocenters. The van der Waals surface area contributed by atoms with Gasteiger partial charge in [-0.05, 0) is 55.9 Å². The fourth-order valence-electron chi connectivity index (χ4n) is 3.23. The highest BCUT2D eigenvalue weighted by atomic mass is 35.5. The monoisotopic (exact) mass is 451 g/mol. The maximum atomic E-state index is 12.5. The molecule has 0 aliphatic carbocycles. The SMILES string of the molecule is CN1CCN(CCCNC(=O)c2cccc(CSc3cc(Cl)ccc3Cl)c2)CC1. The Morgan fingerprint density at radius 1 is 1.10 bits per heavy atom. The molecule has 3 rings (SSSR count). The number of rotatable bonds is 8. The minimum Gasteiger partial charge on any atom is -0.352 e. The van der Waals surface area contributed by atoms with Crippen LogP contribution in [0.25, 0.3) is 0 Å². The topological polar surface area (TPSA) is 35.6 Å². The molecule has 0 spiro atoms. The standard InChI is InChI=1S/C22H27Cl2N3OS/c1-26-10-12-27(13-11-26)9-3-8-25-22(28)18-5-2-4-17(14-18)16-29-21-15-19(23)6-7-20(21)24/h2,4-7,14-15H,3,8-13,16H2,1H3,(H,25,28). The number of benzene rings is 2. The third kappa shape index (κ3) is 7.19. The molecule has 0 aromatic heterocycles. The fraction of sp³-hybridized carbons (Fsp3) is 0.409. The Kier molecular flexibility index (Phi) is 8.69. The smallest absolute Gasteiger partial charge is 0.251 e. The molecule has 29 heavy (non-hydrogen) atoms. The zero-order valence-electron chi connectivity index (χ0n) is 16.7. The van der Waals surface area contributed by atoms with E-state index in [9.17, 15) is 4.79 Å². The van der Waals surface area contributed by atoms with Crippen molar-refractivity contribution in [3.05, 3.63) is 63.6 Å². The van der Waals surface area contributed by atoms with Gasteiger partial charge in [0.2, 0.25) is 0 Å². The summed E-state index contributed by atoms with van der Waals surface area (Å²) in [6, 6.07) is 13.2. The molecule has 0 unspecified atom stereocenters. The number of amides is 1. The van der Waals surface area contributed by atoms with Gasteiger partial charge in [-0.3, -0.25) is 4.79 Å². The van der Waals surface area contributed by atoms with Crippen LogP contribution >= 0.6 is 35.0 Å². The van der Waals surface area contributed by atoms with Crippen molar-refractivity contribution in [1.82, 2.24) is 15.1 Å². The Morgan fingerprint density at radius 3 is 2.69 bits per heavy atom. The van der Waals surface area contributed by atoms with Crippen molar-refractivity contribution in [2.75, 3.05) is 46.3 Å². The number of carbonyl (C=O) groups excluding carboxylic acids is 1. The third-order valence-electron chi connectivity index (χ3n) is 5.01. The van der Waals surface area contributed by atoms with Crippen LogP contribution in [0.15, 0.2) is 47.4 Å². The zero-order chi connectivity index (χ0) is 20.6. The van der Waals surface area contributed by atoms with Crippen molar-refractivity contribution < 1.29 is 4.79 Å². The van der Waals surface area contributed by atoms with Crippen molar-refractivity contribution >= 4 is 40.9 Å². The predicted molar refractivity (Wildman–Crippen MR) is 123 cm³/mol. The number of thioether (sulfide) groups is 1. The van der Waals surface area contributed by atoms with Crippen molar-refractivity contribution in [2.45, 2.75) is 17.1 Å². The van der Waals surface area contributed by atoms with E-state index in [0.717, 1.165) is 55.4 Å². The van der Waals surface area contributed by atoms with Gasteiger partial charge in [-0.1, -0.05) is 35.3 Å². The number of halogens is 2. The third-order valence-corrected chi connectivity index (χ3v) is 6.81. The largest absolute Gasteiger partial charge is 0.352 e. The molecule has 1 fully saturated rings. The van der Waals surface area contributed by atoms with Crippen LogP contribution in [0.2, 0.25) is 10.0 Å². The molecule has 1 N–H and O–H groups in total. The average molecular weight is 452 g/mol. The van der Waals surface area contributed by atoms with Gasteiger partial charge in [-0.25, -0.2) is 0 Å². The van der Waals surface area contributed by atoms with Gasteiger partial charge in [0, 0.05) is 54.0 Å². The number of likely N-dealkylation sites (N-methyl/N-ethyl adjacent to an activating group) is 1. The molecule has 156 valence electrons. The van der Waals surface area contributed by atoms with E-state index in [4.69, 9.17) is 23.2 Å². The van der Waals surface area contributed by atoms with E-state index < -0.39 is 0 Å². The number of nitrogens with one attached hydrogen (secondary N) is 1. The lowest BCUT2D eigenvalue weighted by Gasteiger charge is -2.32. The summed E-state index contributed by atoms with van der Waals surface area (Å²) >= 11 is 13.9. The second kappa shape index (κ2) is 11.2. The molecule has 4 nitrogen and oxygen atoms in total. The van der Waals surface area contributed by atoms with Crippen LogP contribution < -0.4 is 5.32 Å². The lowest BCUT2D eigenvalue weighted by atomic mass is 10.1. The van der Waals surface area contributed by atoms with Crippen LogP contribution in [-0.2, 0) is 5.75 Å². The molecule has 1 amide bonds. The number of piperazine rings is 1. The van der Waals surface area contributed by atoms with Crippen LogP contribution in [0, 0.1) is 0 Å². The molecular formula is C22H27Cl2N3OS. The first-order valence-electron chi connectivity index (χ1n) is 9.87. The molecule has 0 bridgehead atoms. The zero-order valence-corrected chi connectivity index (χ0v) is 19.0. The highest BCUT2D eigenvalue weighted by Crippen LogP contribution is 2.32. The summed E-state index contributed by atoms with van der Waals surface area (Å²) in [4.78, 5) is 18.2. The Labute approximate surface area is 187 Å². The normalized spacial score (nSPS) is 15.4. The lowest BCUT2D eigenvalue weighted by Crippen LogP contribution is -2.45. The molecule has 1 saturated heterocycles. The van der Waals surface area contributed by atoms with Crippen LogP contribution in [0.5, 0.6) is 0 Å². The van der Waals surface area contributed by atoms with Crippen LogP contribution in [0.3, 0.4) is 0 Å². The predicted octanol–water partition coefficient (Wildman–Crippen LogP) is 4.65. The van der Waals surface area contributed by atoms with Crippen LogP contribution in [0.4, 0.5) is 0 Å². The summed E-state index contributed by atoms with van der Waals surface area (Å²) in [6.45, 7) is 6.20. The summed E-state index contributed by atoms with van der Waals surface area (Å²) in [6.07, 6.45) is 0.970. The molecule has 1 heterocycles. The van der Waals surface area contributed by atoms with E-state index >= 15 is 0 Å². The van der Waals surface area contributed by atoms with Crippen LogP contribution in [-0.4, -0.2) is 62.0 Å². The van der Waals surface area contributed by atoms with Gasteiger partial charge in [0.15, 0.2) is 0 Å². The summed E-state index contributed by atoms with van der Waals surface area (Å²) in [5.41, 5.74) is 1.77. The summed E-state index contributed by atoms with van der Waals surface area (Å²) < 4.78 is 0. The fourth-order valence-corrected chi connectivity index (χ4v) is 4.67. The van der Waals surface area contributed by atoms with Crippen molar-refractivity contribution in [1.29, 1.82) is 0 Å². The molecule has 7 heteroatoms.